The fourth-order valence-corrected chi connectivity index (χ4v) is 4.79. The monoisotopic (exact) mass is 408 g/mol. The molecule has 2 aliphatic rings. The van der Waals surface area contributed by atoms with Crippen LogP contribution in [0.1, 0.15) is 51.7 Å². The van der Waals surface area contributed by atoms with Crippen LogP contribution < -0.4 is 9.47 Å². The average molecular weight is 409 g/mol. The molecule has 0 unspecified atom stereocenters. The summed E-state index contributed by atoms with van der Waals surface area (Å²) in [6, 6.07) is 6.62. The topological polar surface area (TPSA) is 58.9 Å². The predicted octanol–water partition coefficient (Wildman–Crippen LogP) is 5.92. The van der Waals surface area contributed by atoms with Crippen molar-refractivity contribution in [3.05, 3.63) is 45.4 Å². The number of benzene rings is 2. The maximum absolute atomic E-state index is 10.0. The number of aromatic hydroxyl groups is 2. The van der Waals surface area contributed by atoms with E-state index in [1.54, 1.807) is 24.3 Å². The number of halogens is 2. The lowest BCUT2D eigenvalue weighted by Crippen LogP contribution is -2.55. The predicted molar refractivity (Wildman–Crippen MR) is 106 cm³/mol. The second-order valence-corrected chi connectivity index (χ2v) is 9.65. The van der Waals surface area contributed by atoms with Gasteiger partial charge in [-0.2, -0.15) is 0 Å². The van der Waals surface area contributed by atoms with Gasteiger partial charge in [0, 0.05) is 46.9 Å². The molecule has 0 fully saturated rings. The zero-order valence-corrected chi connectivity index (χ0v) is 17.2. The van der Waals surface area contributed by atoms with Crippen molar-refractivity contribution in [2.45, 2.75) is 57.2 Å². The van der Waals surface area contributed by atoms with Gasteiger partial charge in [0.15, 0.2) is 0 Å². The van der Waals surface area contributed by atoms with Gasteiger partial charge >= 0.3 is 0 Å². The fourth-order valence-electron chi connectivity index (χ4n) is 4.48. The van der Waals surface area contributed by atoms with Crippen LogP contribution in [-0.4, -0.2) is 16.0 Å². The Balaban J connectivity index is 1.85. The zero-order valence-electron chi connectivity index (χ0n) is 15.7. The van der Waals surface area contributed by atoms with Crippen molar-refractivity contribution in [2.24, 2.45) is 0 Å². The molecule has 2 aromatic carbocycles. The van der Waals surface area contributed by atoms with Gasteiger partial charge in [0.05, 0.1) is 10.0 Å². The SMILES string of the molecule is CC1(C)CC2(CC(C)(C)c3cc(O)c(Cl)cc3O2)Oc2cc(Cl)c(O)cc21. The Labute approximate surface area is 168 Å². The lowest BCUT2D eigenvalue weighted by molar-refractivity contribution is -0.166. The number of ether oxygens (including phenoxy) is 2. The van der Waals surface area contributed by atoms with Gasteiger partial charge in [0.2, 0.25) is 0 Å². The summed E-state index contributed by atoms with van der Waals surface area (Å²) in [6.07, 6.45) is 1.19. The summed E-state index contributed by atoms with van der Waals surface area (Å²) in [6.45, 7) is 8.39. The fraction of sp³-hybridized carbons (Fsp3) is 0.429. The molecule has 2 heterocycles. The summed E-state index contributed by atoms with van der Waals surface area (Å²) >= 11 is 12.3. The van der Waals surface area contributed by atoms with E-state index in [0.717, 1.165) is 11.1 Å². The second kappa shape index (κ2) is 5.62. The average Bonchev–Trinajstić information content (AvgIpc) is 2.50. The summed E-state index contributed by atoms with van der Waals surface area (Å²) in [5.41, 5.74) is 1.19. The smallest absolute Gasteiger partial charge is 0.252 e. The van der Waals surface area contributed by atoms with Gasteiger partial charge < -0.3 is 19.7 Å². The van der Waals surface area contributed by atoms with Crippen LogP contribution in [0.3, 0.4) is 0 Å². The van der Waals surface area contributed by atoms with Crippen LogP contribution in [0.25, 0.3) is 0 Å². The van der Waals surface area contributed by atoms with Crippen LogP contribution in [0.2, 0.25) is 10.0 Å². The highest BCUT2D eigenvalue weighted by atomic mass is 35.5. The lowest BCUT2D eigenvalue weighted by atomic mass is 9.69. The van der Waals surface area contributed by atoms with Crippen LogP contribution in [0.5, 0.6) is 23.0 Å². The molecule has 0 saturated carbocycles. The van der Waals surface area contributed by atoms with E-state index in [-0.39, 0.29) is 32.4 Å². The van der Waals surface area contributed by atoms with E-state index < -0.39 is 5.79 Å². The second-order valence-electron chi connectivity index (χ2n) is 8.84. The Kier molecular flexibility index (Phi) is 3.86. The molecule has 2 aliphatic heterocycles. The first-order valence-electron chi connectivity index (χ1n) is 8.87. The summed E-state index contributed by atoms with van der Waals surface area (Å²) in [4.78, 5) is 0. The van der Waals surface area contributed by atoms with E-state index in [2.05, 4.69) is 27.7 Å². The molecule has 4 nitrogen and oxygen atoms in total. The van der Waals surface area contributed by atoms with Crippen LogP contribution in [0.4, 0.5) is 0 Å². The molecule has 0 atom stereocenters. The Morgan fingerprint density at radius 2 is 1.11 bits per heavy atom. The van der Waals surface area contributed by atoms with Gasteiger partial charge in [-0.25, -0.2) is 0 Å². The molecular formula is C21H22Cl2O4. The molecule has 0 radical (unpaired) electrons. The van der Waals surface area contributed by atoms with E-state index in [0.29, 0.717) is 24.3 Å². The highest BCUT2D eigenvalue weighted by Gasteiger charge is 2.53. The summed E-state index contributed by atoms with van der Waals surface area (Å²) < 4.78 is 12.7. The number of hydrogen-bond acceptors (Lipinski definition) is 4. The Morgan fingerprint density at radius 3 is 1.48 bits per heavy atom. The maximum Gasteiger partial charge on any atom is 0.252 e. The molecule has 0 aromatic heterocycles. The molecule has 0 bridgehead atoms. The molecule has 2 aromatic rings. The third-order valence-electron chi connectivity index (χ3n) is 5.57. The van der Waals surface area contributed by atoms with Crippen molar-refractivity contribution in [3.8, 4) is 23.0 Å². The van der Waals surface area contributed by atoms with E-state index in [9.17, 15) is 10.2 Å². The number of phenols is 2. The first-order chi connectivity index (χ1) is 12.4. The molecule has 1 spiro atoms. The third-order valence-corrected chi connectivity index (χ3v) is 6.18. The first kappa shape index (κ1) is 18.6. The van der Waals surface area contributed by atoms with E-state index >= 15 is 0 Å². The summed E-state index contributed by atoms with van der Waals surface area (Å²) in [7, 11) is 0. The van der Waals surface area contributed by atoms with E-state index in [4.69, 9.17) is 32.7 Å². The third kappa shape index (κ3) is 2.90. The van der Waals surface area contributed by atoms with Crippen molar-refractivity contribution < 1.29 is 19.7 Å². The Bertz CT molecular complexity index is 872. The largest absolute Gasteiger partial charge is 0.506 e. The van der Waals surface area contributed by atoms with Crippen molar-refractivity contribution in [1.82, 2.24) is 0 Å². The highest BCUT2D eigenvalue weighted by Crippen LogP contribution is 2.55. The van der Waals surface area contributed by atoms with Crippen LogP contribution in [0, 0.1) is 0 Å². The summed E-state index contributed by atoms with van der Waals surface area (Å²) in [5.74, 6) is 0.408. The lowest BCUT2D eigenvalue weighted by Gasteiger charge is -2.51. The van der Waals surface area contributed by atoms with Gasteiger partial charge in [-0.15, -0.1) is 0 Å². The maximum atomic E-state index is 10.0. The normalized spacial score (nSPS) is 21.0. The minimum absolute atomic E-state index is 0.0422. The van der Waals surface area contributed by atoms with Gasteiger partial charge in [0.25, 0.3) is 5.79 Å². The van der Waals surface area contributed by atoms with Crippen LogP contribution in [-0.2, 0) is 10.8 Å². The molecule has 2 N–H and O–H groups in total. The van der Waals surface area contributed by atoms with Gasteiger partial charge in [-0.1, -0.05) is 50.9 Å². The highest BCUT2D eigenvalue weighted by molar-refractivity contribution is 6.32. The van der Waals surface area contributed by atoms with Gasteiger partial charge in [-0.05, 0) is 12.1 Å². The van der Waals surface area contributed by atoms with Crippen molar-refractivity contribution >= 4 is 23.2 Å². The molecule has 0 amide bonds. The van der Waals surface area contributed by atoms with Crippen LogP contribution >= 0.6 is 23.2 Å². The quantitative estimate of drug-likeness (QED) is 0.567. The standard InChI is InChI=1S/C21H22Cl2O4/c1-19(2)9-21(26-17-7-13(22)15(24)5-11(17)19)10-20(3,4)12-6-16(25)14(23)8-18(12)27-21/h5-8,24-25H,9-10H2,1-4H3. The minimum Gasteiger partial charge on any atom is -0.506 e. The Morgan fingerprint density at radius 1 is 0.741 bits per heavy atom. The molecule has 144 valence electrons. The summed E-state index contributed by atoms with van der Waals surface area (Å²) in [5, 5.41) is 20.5. The number of rotatable bonds is 0. The molecule has 0 saturated heterocycles. The molecular weight excluding hydrogens is 387 g/mol. The van der Waals surface area contributed by atoms with E-state index in [1.165, 1.54) is 0 Å². The van der Waals surface area contributed by atoms with Crippen molar-refractivity contribution in [1.29, 1.82) is 0 Å². The number of phenolic OH excluding ortho intramolecular Hbond substituents is 2. The number of fused-ring (bicyclic) bond motifs is 2. The van der Waals surface area contributed by atoms with Gasteiger partial charge in [0.1, 0.15) is 23.0 Å². The molecule has 6 heteroatoms. The van der Waals surface area contributed by atoms with Gasteiger partial charge in [-0.3, -0.25) is 0 Å². The van der Waals surface area contributed by atoms with Crippen LogP contribution in [0.15, 0.2) is 24.3 Å². The first-order valence-corrected chi connectivity index (χ1v) is 9.62. The number of hydrogen-bond donors (Lipinski definition) is 2. The minimum atomic E-state index is -0.895. The Hall–Kier alpha value is -1.78. The zero-order chi connectivity index (χ0) is 19.8. The molecule has 4 rings (SSSR count). The molecule has 27 heavy (non-hydrogen) atoms. The van der Waals surface area contributed by atoms with Crippen molar-refractivity contribution in [2.75, 3.05) is 0 Å². The van der Waals surface area contributed by atoms with Crippen molar-refractivity contribution in [3.63, 3.8) is 0 Å². The van der Waals surface area contributed by atoms with E-state index in [1.807, 2.05) is 0 Å². The molecule has 0 aliphatic carbocycles.